The summed E-state index contributed by atoms with van der Waals surface area (Å²) in [7, 11) is 0. The van der Waals surface area contributed by atoms with Gasteiger partial charge in [-0.05, 0) is 35.0 Å². The largest absolute Gasteiger partial charge is 0.321 e. The molecule has 14 heavy (non-hydrogen) atoms. The smallest absolute Gasteiger partial charge is 0.242 e. The molecule has 1 N–H and O–H groups in total. The molecule has 1 atom stereocenters. The maximum absolute atomic E-state index is 13.2. The first-order valence-electron chi connectivity index (χ1n) is 3.91. The van der Waals surface area contributed by atoms with Crippen LogP contribution in [0.2, 0.25) is 0 Å². The SMILES string of the molecule is CC(Cl)C(=O)Nc1c(F)cccc1Br. The third kappa shape index (κ3) is 2.69. The number of hydrogen-bond donors (Lipinski definition) is 1. The van der Waals surface area contributed by atoms with Gasteiger partial charge in [0.05, 0.1) is 5.69 Å². The van der Waals surface area contributed by atoms with E-state index in [1.165, 1.54) is 13.0 Å². The molecular weight excluding hydrogens is 272 g/mol. The van der Waals surface area contributed by atoms with Crippen LogP contribution in [0.15, 0.2) is 22.7 Å². The summed E-state index contributed by atoms with van der Waals surface area (Å²) in [6, 6.07) is 4.44. The lowest BCUT2D eigenvalue weighted by Gasteiger charge is -2.08. The molecule has 1 amide bonds. The van der Waals surface area contributed by atoms with Crippen LogP contribution in [0.25, 0.3) is 0 Å². The molecule has 76 valence electrons. The second-order valence-corrected chi connectivity index (χ2v) is 4.21. The van der Waals surface area contributed by atoms with Crippen LogP contribution in [0.5, 0.6) is 0 Å². The number of carbonyl (C=O) groups is 1. The average Bonchev–Trinajstić information content (AvgIpc) is 2.11. The topological polar surface area (TPSA) is 29.1 Å². The Morgan fingerprint density at radius 1 is 1.64 bits per heavy atom. The van der Waals surface area contributed by atoms with Gasteiger partial charge < -0.3 is 5.32 Å². The van der Waals surface area contributed by atoms with Gasteiger partial charge in [0.15, 0.2) is 0 Å². The molecule has 0 saturated carbocycles. The number of carbonyl (C=O) groups excluding carboxylic acids is 1. The highest BCUT2D eigenvalue weighted by molar-refractivity contribution is 9.10. The van der Waals surface area contributed by atoms with Crippen LogP contribution in [-0.2, 0) is 4.79 Å². The molecule has 2 nitrogen and oxygen atoms in total. The van der Waals surface area contributed by atoms with Crippen LogP contribution in [-0.4, -0.2) is 11.3 Å². The van der Waals surface area contributed by atoms with Crippen molar-refractivity contribution >= 4 is 39.1 Å². The van der Waals surface area contributed by atoms with E-state index in [1.54, 1.807) is 12.1 Å². The third-order valence-electron chi connectivity index (χ3n) is 1.57. The Hall–Kier alpha value is -0.610. The van der Waals surface area contributed by atoms with Crippen LogP contribution in [0.3, 0.4) is 0 Å². The molecular formula is C9H8BrClFNO. The summed E-state index contributed by atoms with van der Waals surface area (Å²) in [5, 5.41) is 1.69. The van der Waals surface area contributed by atoms with Crippen LogP contribution in [0.4, 0.5) is 10.1 Å². The van der Waals surface area contributed by atoms with Crippen LogP contribution in [0, 0.1) is 5.82 Å². The number of hydrogen-bond acceptors (Lipinski definition) is 1. The molecule has 0 aromatic heterocycles. The van der Waals surface area contributed by atoms with E-state index in [2.05, 4.69) is 21.2 Å². The van der Waals surface area contributed by atoms with Crippen LogP contribution in [0.1, 0.15) is 6.92 Å². The Morgan fingerprint density at radius 3 is 2.79 bits per heavy atom. The van der Waals surface area contributed by atoms with Crippen molar-refractivity contribution in [3.8, 4) is 0 Å². The van der Waals surface area contributed by atoms with E-state index >= 15 is 0 Å². The maximum atomic E-state index is 13.2. The standard InChI is InChI=1S/C9H8BrClFNO/c1-5(11)9(14)13-8-6(10)3-2-4-7(8)12/h2-5H,1H3,(H,13,14). The summed E-state index contributed by atoms with van der Waals surface area (Å²) >= 11 is 8.66. The Balaban J connectivity index is 2.91. The van der Waals surface area contributed by atoms with Gasteiger partial charge in [0, 0.05) is 4.47 Å². The highest BCUT2D eigenvalue weighted by Gasteiger charge is 2.13. The Labute approximate surface area is 94.6 Å². The van der Waals surface area contributed by atoms with Gasteiger partial charge in [-0.15, -0.1) is 11.6 Å². The first-order chi connectivity index (χ1) is 6.52. The highest BCUT2D eigenvalue weighted by Crippen LogP contribution is 2.25. The Morgan fingerprint density at radius 2 is 2.29 bits per heavy atom. The molecule has 1 aromatic carbocycles. The second-order valence-electron chi connectivity index (χ2n) is 2.70. The van der Waals surface area contributed by atoms with Crippen LogP contribution >= 0.6 is 27.5 Å². The molecule has 0 aliphatic heterocycles. The molecule has 0 aliphatic rings. The minimum absolute atomic E-state index is 0.116. The second kappa shape index (κ2) is 4.75. The van der Waals surface area contributed by atoms with Crippen molar-refractivity contribution < 1.29 is 9.18 Å². The van der Waals surface area contributed by atoms with Gasteiger partial charge in [-0.3, -0.25) is 4.79 Å². The zero-order valence-corrected chi connectivity index (χ0v) is 9.69. The van der Waals surface area contributed by atoms with Gasteiger partial charge in [-0.2, -0.15) is 0 Å². The fraction of sp³-hybridized carbons (Fsp3) is 0.222. The van der Waals surface area contributed by atoms with Crippen molar-refractivity contribution in [2.75, 3.05) is 5.32 Å². The quantitative estimate of drug-likeness (QED) is 0.829. The number of para-hydroxylation sites is 1. The maximum Gasteiger partial charge on any atom is 0.242 e. The minimum Gasteiger partial charge on any atom is -0.321 e. The number of benzene rings is 1. The summed E-state index contributed by atoms with van der Waals surface area (Å²) in [6.45, 7) is 1.52. The molecule has 0 spiro atoms. The van der Waals surface area contributed by atoms with E-state index in [0.717, 1.165) is 0 Å². The zero-order chi connectivity index (χ0) is 10.7. The summed E-state index contributed by atoms with van der Waals surface area (Å²) in [4.78, 5) is 11.2. The number of halogens is 3. The molecule has 1 aromatic rings. The summed E-state index contributed by atoms with van der Waals surface area (Å²) in [6.07, 6.45) is 0. The molecule has 1 unspecified atom stereocenters. The van der Waals surface area contributed by atoms with E-state index in [9.17, 15) is 9.18 Å². The Bertz CT molecular complexity index is 336. The first-order valence-corrected chi connectivity index (χ1v) is 5.14. The number of rotatable bonds is 2. The van der Waals surface area contributed by atoms with Crippen molar-refractivity contribution in [2.45, 2.75) is 12.3 Å². The zero-order valence-electron chi connectivity index (χ0n) is 7.35. The Kier molecular flexibility index (Phi) is 3.89. The van der Waals surface area contributed by atoms with Gasteiger partial charge in [-0.1, -0.05) is 6.07 Å². The lowest BCUT2D eigenvalue weighted by molar-refractivity contribution is -0.115. The molecule has 0 bridgehead atoms. The van der Waals surface area contributed by atoms with E-state index in [1.807, 2.05) is 0 Å². The van der Waals surface area contributed by atoms with Gasteiger partial charge in [0.2, 0.25) is 5.91 Å². The first kappa shape index (κ1) is 11.5. The predicted octanol–water partition coefficient (Wildman–Crippen LogP) is 3.15. The van der Waals surface area contributed by atoms with E-state index in [4.69, 9.17) is 11.6 Å². The number of amides is 1. The summed E-state index contributed by atoms with van der Waals surface area (Å²) in [5.41, 5.74) is 0.116. The number of anilines is 1. The lowest BCUT2D eigenvalue weighted by Crippen LogP contribution is -2.21. The highest BCUT2D eigenvalue weighted by atomic mass is 79.9. The lowest BCUT2D eigenvalue weighted by atomic mass is 10.3. The van der Waals surface area contributed by atoms with Gasteiger partial charge >= 0.3 is 0 Å². The number of alkyl halides is 1. The molecule has 0 radical (unpaired) electrons. The van der Waals surface area contributed by atoms with Crippen molar-refractivity contribution in [2.24, 2.45) is 0 Å². The van der Waals surface area contributed by atoms with E-state index < -0.39 is 17.1 Å². The summed E-state index contributed by atoms with van der Waals surface area (Å²) in [5.74, 6) is -0.928. The molecule has 1 rings (SSSR count). The van der Waals surface area contributed by atoms with Crippen molar-refractivity contribution in [3.05, 3.63) is 28.5 Å². The monoisotopic (exact) mass is 279 g/mol. The molecule has 0 saturated heterocycles. The minimum atomic E-state index is -0.693. The molecule has 0 fully saturated rings. The summed E-state index contributed by atoms with van der Waals surface area (Å²) < 4.78 is 13.7. The van der Waals surface area contributed by atoms with Gasteiger partial charge in [0.25, 0.3) is 0 Å². The normalized spacial score (nSPS) is 12.3. The molecule has 0 heterocycles. The number of nitrogens with one attached hydrogen (secondary N) is 1. The third-order valence-corrected chi connectivity index (χ3v) is 2.43. The molecule has 5 heteroatoms. The van der Waals surface area contributed by atoms with Gasteiger partial charge in [0.1, 0.15) is 11.2 Å². The predicted molar refractivity (Wildman–Crippen MR) is 58.0 cm³/mol. The fourth-order valence-corrected chi connectivity index (χ4v) is 1.34. The molecule has 0 aliphatic carbocycles. The van der Waals surface area contributed by atoms with E-state index in [0.29, 0.717) is 4.47 Å². The van der Waals surface area contributed by atoms with Crippen LogP contribution < -0.4 is 5.32 Å². The van der Waals surface area contributed by atoms with Crippen molar-refractivity contribution in [3.63, 3.8) is 0 Å². The fourth-order valence-electron chi connectivity index (χ4n) is 0.840. The van der Waals surface area contributed by atoms with Crippen molar-refractivity contribution in [1.29, 1.82) is 0 Å². The average molecular weight is 281 g/mol. The van der Waals surface area contributed by atoms with Gasteiger partial charge in [-0.25, -0.2) is 4.39 Å². The van der Waals surface area contributed by atoms with Crippen molar-refractivity contribution in [1.82, 2.24) is 0 Å². The van der Waals surface area contributed by atoms with E-state index in [-0.39, 0.29) is 5.69 Å².